The molecule has 0 unspecified atom stereocenters. The molecule has 0 bridgehead atoms. The average molecular weight is 387 g/mol. The molecule has 0 radical (unpaired) electrons. The van der Waals surface area contributed by atoms with Crippen LogP contribution in [0.15, 0.2) is 17.1 Å². The number of anilines is 1. The van der Waals surface area contributed by atoms with Gasteiger partial charge in [-0.25, -0.2) is 9.18 Å². The maximum absolute atomic E-state index is 15.0. The Morgan fingerprint density at radius 1 is 1.62 bits per heavy atom. The largest absolute Gasteiger partial charge is 0.391 e. The first-order valence-electron chi connectivity index (χ1n) is 6.30. The van der Waals surface area contributed by atoms with Crippen LogP contribution in [0.1, 0.15) is 6.23 Å². The molecule has 4 atom stereocenters. The number of alkyl halides is 1. The lowest BCUT2D eigenvalue weighted by atomic mass is 10.1. The SMILES string of the molecule is CO[C@]1(CO)O[C@@H](n2ccc(N)nc2=O)[C@@](O)(F)[C@@H]1OP(O)(O)=S. The number of ether oxygens (including phenoxy) is 2. The molecule has 1 aromatic heterocycles. The van der Waals surface area contributed by atoms with Crippen molar-refractivity contribution < 1.29 is 38.4 Å². The monoisotopic (exact) mass is 387 g/mol. The van der Waals surface area contributed by atoms with Gasteiger partial charge in [0.05, 0.1) is 0 Å². The Labute approximate surface area is 139 Å². The van der Waals surface area contributed by atoms with Crippen LogP contribution in [0.3, 0.4) is 0 Å². The van der Waals surface area contributed by atoms with Crippen LogP contribution < -0.4 is 11.4 Å². The summed E-state index contributed by atoms with van der Waals surface area (Å²) >= 11 is 4.25. The van der Waals surface area contributed by atoms with Crippen molar-refractivity contribution in [1.29, 1.82) is 0 Å². The predicted octanol–water partition coefficient (Wildman–Crippen LogP) is -2.06. The fourth-order valence-corrected chi connectivity index (χ4v) is 3.10. The van der Waals surface area contributed by atoms with Gasteiger partial charge in [-0.2, -0.15) is 4.98 Å². The van der Waals surface area contributed by atoms with E-state index in [-0.39, 0.29) is 5.82 Å². The van der Waals surface area contributed by atoms with E-state index < -0.39 is 43.0 Å². The molecule has 24 heavy (non-hydrogen) atoms. The topological polar surface area (TPSA) is 170 Å². The van der Waals surface area contributed by atoms with Crippen LogP contribution in [0.25, 0.3) is 0 Å². The Bertz CT molecular complexity index is 720. The second-order valence-electron chi connectivity index (χ2n) is 4.89. The predicted molar refractivity (Wildman–Crippen MR) is 79.5 cm³/mol. The second kappa shape index (κ2) is 6.37. The summed E-state index contributed by atoms with van der Waals surface area (Å²) in [5.41, 5.74) is 4.25. The van der Waals surface area contributed by atoms with Crippen LogP contribution >= 0.6 is 6.72 Å². The minimum atomic E-state index is -4.50. The van der Waals surface area contributed by atoms with E-state index in [0.29, 0.717) is 4.57 Å². The highest BCUT2D eigenvalue weighted by Crippen LogP contribution is 2.52. The molecule has 2 rings (SSSR count). The van der Waals surface area contributed by atoms with E-state index in [1.807, 2.05) is 0 Å². The van der Waals surface area contributed by atoms with Gasteiger partial charge in [0.25, 0.3) is 5.85 Å². The zero-order valence-electron chi connectivity index (χ0n) is 12.1. The summed E-state index contributed by atoms with van der Waals surface area (Å²) in [6.45, 7) is -5.57. The lowest BCUT2D eigenvalue weighted by Gasteiger charge is -2.32. The summed E-state index contributed by atoms with van der Waals surface area (Å²) in [4.78, 5) is 33.8. The number of rotatable bonds is 5. The minimum Gasteiger partial charge on any atom is -0.391 e. The molecule has 0 aliphatic carbocycles. The first-order valence-corrected chi connectivity index (χ1v) is 8.93. The molecule has 11 nitrogen and oxygen atoms in total. The van der Waals surface area contributed by atoms with Gasteiger partial charge in [-0.05, 0) is 17.9 Å². The molecular weight excluding hydrogens is 372 g/mol. The van der Waals surface area contributed by atoms with Crippen LogP contribution in [0.5, 0.6) is 0 Å². The molecule has 1 aliphatic heterocycles. The number of nitrogens with zero attached hydrogens (tertiary/aromatic N) is 2. The first-order chi connectivity index (χ1) is 11.0. The summed E-state index contributed by atoms with van der Waals surface area (Å²) in [5.74, 6) is -6.08. The van der Waals surface area contributed by atoms with Gasteiger partial charge in [0.2, 0.25) is 12.0 Å². The van der Waals surface area contributed by atoms with Gasteiger partial charge in [-0.1, -0.05) is 0 Å². The summed E-state index contributed by atoms with van der Waals surface area (Å²) < 4.78 is 30.0. The van der Waals surface area contributed by atoms with Crippen LogP contribution in [0, 0.1) is 0 Å². The lowest BCUT2D eigenvalue weighted by Crippen LogP contribution is -2.53. The number of nitrogens with two attached hydrogens (primary N) is 1. The maximum Gasteiger partial charge on any atom is 0.351 e. The average Bonchev–Trinajstić information content (AvgIpc) is 2.67. The Balaban J connectivity index is 2.56. The third kappa shape index (κ3) is 3.35. The van der Waals surface area contributed by atoms with Gasteiger partial charge in [0.15, 0.2) is 6.10 Å². The highest BCUT2D eigenvalue weighted by atomic mass is 32.5. The molecule has 0 amide bonds. The van der Waals surface area contributed by atoms with Crippen LogP contribution in [-0.4, -0.2) is 61.0 Å². The number of hydrogen-bond donors (Lipinski definition) is 5. The van der Waals surface area contributed by atoms with E-state index >= 15 is 0 Å². The zero-order chi connectivity index (χ0) is 18.3. The number of methoxy groups -OCH3 is 1. The van der Waals surface area contributed by atoms with E-state index in [9.17, 15) is 29.2 Å². The zero-order valence-corrected chi connectivity index (χ0v) is 13.9. The molecule has 0 aromatic carbocycles. The van der Waals surface area contributed by atoms with Crippen LogP contribution in [0.4, 0.5) is 10.2 Å². The lowest BCUT2D eigenvalue weighted by molar-refractivity contribution is -0.266. The summed E-state index contributed by atoms with van der Waals surface area (Å²) in [7, 11) is 0.979. The fourth-order valence-electron chi connectivity index (χ4n) is 2.26. The van der Waals surface area contributed by atoms with E-state index in [2.05, 4.69) is 21.3 Å². The van der Waals surface area contributed by atoms with Gasteiger partial charge in [-0.15, -0.1) is 0 Å². The molecule has 1 aromatic rings. The normalized spacial score (nSPS) is 33.8. The molecule has 0 spiro atoms. The fraction of sp³-hybridized carbons (Fsp3) is 0.600. The van der Waals surface area contributed by atoms with E-state index in [0.717, 1.165) is 19.4 Å². The van der Waals surface area contributed by atoms with Crippen molar-refractivity contribution in [2.75, 3.05) is 19.5 Å². The van der Waals surface area contributed by atoms with E-state index in [1.165, 1.54) is 0 Å². The van der Waals surface area contributed by atoms with E-state index in [1.54, 1.807) is 0 Å². The Morgan fingerprint density at radius 2 is 2.25 bits per heavy atom. The maximum atomic E-state index is 15.0. The summed E-state index contributed by atoms with van der Waals surface area (Å²) in [5, 5.41) is 19.6. The summed E-state index contributed by atoms with van der Waals surface area (Å²) in [6, 6.07) is 1.13. The van der Waals surface area contributed by atoms with Gasteiger partial charge in [0.1, 0.15) is 12.4 Å². The number of aliphatic hydroxyl groups excluding tert-OH is 1. The number of aromatic nitrogens is 2. The highest BCUT2D eigenvalue weighted by Gasteiger charge is 2.68. The molecule has 1 fully saturated rings. The molecule has 2 heterocycles. The molecule has 0 saturated carbocycles. The number of aliphatic hydroxyl groups is 2. The van der Waals surface area contributed by atoms with Crippen molar-refractivity contribution in [1.82, 2.24) is 9.55 Å². The molecule has 1 saturated heterocycles. The van der Waals surface area contributed by atoms with Crippen molar-refractivity contribution in [3.63, 3.8) is 0 Å². The molecule has 1 aliphatic rings. The highest BCUT2D eigenvalue weighted by molar-refractivity contribution is 8.06. The van der Waals surface area contributed by atoms with Crippen molar-refractivity contribution in [2.45, 2.75) is 24.0 Å². The number of nitrogen functional groups attached to an aromatic ring is 1. The quantitative estimate of drug-likeness (QED) is 0.352. The molecule has 14 heteroatoms. The van der Waals surface area contributed by atoms with E-state index in [4.69, 9.17) is 15.2 Å². The Kier molecular flexibility index (Phi) is 5.12. The third-order valence-corrected chi connectivity index (χ3v) is 4.08. The molecule has 6 N–H and O–H groups in total. The van der Waals surface area contributed by atoms with Crippen LogP contribution in [-0.2, 0) is 25.8 Å². The van der Waals surface area contributed by atoms with Gasteiger partial charge < -0.3 is 35.2 Å². The second-order valence-corrected chi connectivity index (χ2v) is 7.51. The van der Waals surface area contributed by atoms with Gasteiger partial charge in [0, 0.05) is 13.3 Å². The van der Waals surface area contributed by atoms with Crippen molar-refractivity contribution in [3.05, 3.63) is 22.7 Å². The number of hydrogen-bond acceptors (Lipinski definition) is 9. The Morgan fingerprint density at radius 3 is 2.71 bits per heavy atom. The Hall–Kier alpha value is -1.02. The third-order valence-electron chi connectivity index (χ3n) is 3.34. The van der Waals surface area contributed by atoms with Crippen molar-refractivity contribution in [2.24, 2.45) is 0 Å². The van der Waals surface area contributed by atoms with Crippen LogP contribution in [0.2, 0.25) is 0 Å². The molecular formula is C10H15FN3O8PS. The standard InChI is InChI=1S/C10H15FN3O8PS/c1-20-9(4-15)6(22-23(18,19)24)10(11,17)7(21-9)14-3-2-5(12)13-8(14)16/h2-3,6-7,15,17H,4H2,1H3,(H2,12,13,16)(H2,18,19,24)/t6-,7-,9-,10-/m1/s1. The van der Waals surface area contributed by atoms with Crippen molar-refractivity contribution in [3.8, 4) is 0 Å². The number of halogens is 1. The smallest absolute Gasteiger partial charge is 0.351 e. The summed E-state index contributed by atoms with van der Waals surface area (Å²) in [6.07, 6.45) is -3.40. The first kappa shape index (κ1) is 19.3. The van der Waals surface area contributed by atoms with Gasteiger partial charge in [-0.3, -0.25) is 9.09 Å². The minimum absolute atomic E-state index is 0.161. The van der Waals surface area contributed by atoms with Gasteiger partial charge >= 0.3 is 12.4 Å². The van der Waals surface area contributed by atoms with Crippen molar-refractivity contribution >= 4 is 24.3 Å². The molecule has 136 valence electrons.